The molecule has 2 heterocycles. The molecule has 0 spiro atoms. The van der Waals surface area contributed by atoms with Gasteiger partial charge in [-0.25, -0.2) is 9.78 Å². The molecule has 33 heavy (non-hydrogen) atoms. The third-order valence-corrected chi connectivity index (χ3v) is 5.65. The van der Waals surface area contributed by atoms with E-state index >= 15 is 0 Å². The molecule has 0 unspecified atom stereocenters. The van der Waals surface area contributed by atoms with Crippen LogP contribution in [0.3, 0.4) is 0 Å². The molecular formula is C25H20BrN3O4. The number of nitrogens with zero attached hydrogens (tertiary/aromatic N) is 3. The van der Waals surface area contributed by atoms with Crippen LogP contribution in [0.2, 0.25) is 0 Å². The van der Waals surface area contributed by atoms with Gasteiger partial charge in [0.05, 0.1) is 18.4 Å². The zero-order valence-electron chi connectivity index (χ0n) is 18.0. The molecule has 7 nitrogen and oxygen atoms in total. The first-order valence-electron chi connectivity index (χ1n) is 10.3. The van der Waals surface area contributed by atoms with E-state index in [1.807, 2.05) is 67.1 Å². The minimum atomic E-state index is -0.735. The molecule has 3 aromatic carbocycles. The highest BCUT2D eigenvalue weighted by molar-refractivity contribution is 9.10. The van der Waals surface area contributed by atoms with E-state index in [0.717, 1.165) is 20.8 Å². The van der Waals surface area contributed by atoms with Crippen molar-refractivity contribution in [3.8, 4) is 11.5 Å². The summed E-state index contributed by atoms with van der Waals surface area (Å²) in [5.74, 6) is -0.000925. The Balaban J connectivity index is 1.43. The summed E-state index contributed by atoms with van der Waals surface area (Å²) in [5.41, 5.74) is 1.71. The van der Waals surface area contributed by atoms with Crippen LogP contribution in [0, 0.1) is 0 Å². The van der Waals surface area contributed by atoms with Gasteiger partial charge in [0.25, 0.3) is 0 Å². The lowest BCUT2D eigenvalue weighted by Gasteiger charge is -2.16. The Morgan fingerprint density at radius 3 is 2.61 bits per heavy atom. The number of halogens is 1. The number of fused-ring (bicyclic) bond motifs is 2. The van der Waals surface area contributed by atoms with Crippen molar-refractivity contribution in [1.82, 2.24) is 9.55 Å². The van der Waals surface area contributed by atoms with Gasteiger partial charge in [0.2, 0.25) is 5.79 Å². The van der Waals surface area contributed by atoms with E-state index in [4.69, 9.17) is 14.3 Å². The number of carbonyl (C=O) groups is 1. The molecule has 166 valence electrons. The van der Waals surface area contributed by atoms with Crippen LogP contribution >= 0.6 is 15.9 Å². The predicted octanol–water partition coefficient (Wildman–Crippen LogP) is 5.57. The number of aromatic nitrogens is 2. The first-order valence-corrected chi connectivity index (χ1v) is 11.1. The van der Waals surface area contributed by atoms with Crippen LogP contribution in [0.1, 0.15) is 29.8 Å². The Kier molecular flexibility index (Phi) is 5.38. The molecule has 0 bridgehead atoms. The number of hydrogen-bond acceptors (Lipinski definition) is 6. The summed E-state index contributed by atoms with van der Waals surface area (Å²) in [4.78, 5) is 22.2. The van der Waals surface area contributed by atoms with Crippen LogP contribution in [0.4, 0.5) is 0 Å². The van der Waals surface area contributed by atoms with Crippen LogP contribution < -0.4 is 9.47 Å². The molecule has 0 amide bonds. The Labute approximate surface area is 198 Å². The summed E-state index contributed by atoms with van der Waals surface area (Å²) in [7, 11) is 0. The fraction of sp³-hybridized carbons (Fsp3) is 0.160. The molecule has 0 radical (unpaired) electrons. The molecule has 1 aliphatic heterocycles. The zero-order chi connectivity index (χ0) is 23.0. The van der Waals surface area contributed by atoms with Gasteiger partial charge in [-0.1, -0.05) is 33.2 Å². The van der Waals surface area contributed by atoms with Crippen molar-refractivity contribution >= 4 is 38.4 Å². The molecule has 0 N–H and O–H groups in total. The van der Waals surface area contributed by atoms with Gasteiger partial charge in [-0.3, -0.25) is 0 Å². The number of hydrogen-bond donors (Lipinski definition) is 0. The molecule has 8 heteroatoms. The van der Waals surface area contributed by atoms with E-state index < -0.39 is 11.8 Å². The van der Waals surface area contributed by atoms with Crippen molar-refractivity contribution in [3.63, 3.8) is 0 Å². The number of oxime groups is 1. The third-order valence-electron chi connectivity index (χ3n) is 5.16. The van der Waals surface area contributed by atoms with Crippen molar-refractivity contribution in [2.75, 3.05) is 0 Å². The Morgan fingerprint density at radius 2 is 1.79 bits per heavy atom. The summed E-state index contributed by atoms with van der Waals surface area (Å²) in [6.07, 6.45) is 5.17. The van der Waals surface area contributed by atoms with E-state index in [1.54, 1.807) is 24.7 Å². The van der Waals surface area contributed by atoms with Crippen LogP contribution in [-0.2, 0) is 11.4 Å². The summed E-state index contributed by atoms with van der Waals surface area (Å²) >= 11 is 3.46. The molecule has 0 aliphatic carbocycles. The lowest BCUT2D eigenvalue weighted by atomic mass is 10.1. The molecule has 1 aromatic heterocycles. The summed E-state index contributed by atoms with van der Waals surface area (Å²) in [5, 5.41) is 6.18. The third kappa shape index (κ3) is 4.61. The Bertz CT molecular complexity index is 1380. The van der Waals surface area contributed by atoms with Crippen molar-refractivity contribution in [1.29, 1.82) is 0 Å². The molecule has 0 fully saturated rings. The molecule has 4 aromatic rings. The highest BCUT2D eigenvalue weighted by Crippen LogP contribution is 2.39. The van der Waals surface area contributed by atoms with Gasteiger partial charge in [-0.2, -0.15) is 0 Å². The second kappa shape index (κ2) is 8.37. The van der Waals surface area contributed by atoms with E-state index in [2.05, 4.69) is 26.1 Å². The van der Waals surface area contributed by atoms with E-state index in [0.29, 0.717) is 29.3 Å². The van der Waals surface area contributed by atoms with Crippen molar-refractivity contribution < 1.29 is 19.1 Å². The van der Waals surface area contributed by atoms with E-state index in [9.17, 15) is 4.79 Å². The maximum Gasteiger partial charge on any atom is 0.365 e. The first kappa shape index (κ1) is 21.2. The summed E-state index contributed by atoms with van der Waals surface area (Å²) in [6.45, 7) is 4.05. The zero-order valence-corrected chi connectivity index (χ0v) is 19.6. The second-order valence-electron chi connectivity index (χ2n) is 8.12. The van der Waals surface area contributed by atoms with Crippen LogP contribution in [0.25, 0.3) is 10.8 Å². The van der Waals surface area contributed by atoms with Gasteiger partial charge < -0.3 is 18.9 Å². The first-order chi connectivity index (χ1) is 15.9. The number of rotatable bonds is 5. The smallest absolute Gasteiger partial charge is 0.365 e. The minimum absolute atomic E-state index is 0.363. The van der Waals surface area contributed by atoms with Gasteiger partial charge in [0.1, 0.15) is 5.71 Å². The Morgan fingerprint density at radius 1 is 1.03 bits per heavy atom. The minimum Gasteiger partial charge on any atom is -0.449 e. The predicted molar refractivity (Wildman–Crippen MR) is 128 cm³/mol. The van der Waals surface area contributed by atoms with Gasteiger partial charge in [0.15, 0.2) is 11.5 Å². The number of imidazole rings is 1. The average Bonchev–Trinajstić information content (AvgIpc) is 3.41. The van der Waals surface area contributed by atoms with Gasteiger partial charge in [-0.15, -0.1) is 0 Å². The highest BCUT2D eigenvalue weighted by atomic mass is 79.9. The van der Waals surface area contributed by atoms with E-state index in [1.165, 1.54) is 0 Å². The Hall–Kier alpha value is -3.65. The molecule has 5 rings (SSSR count). The van der Waals surface area contributed by atoms with Gasteiger partial charge in [0, 0.05) is 36.3 Å². The molecule has 1 aliphatic rings. The largest absolute Gasteiger partial charge is 0.449 e. The maximum atomic E-state index is 12.8. The normalized spacial score (nSPS) is 14.5. The maximum absolute atomic E-state index is 12.8. The lowest BCUT2D eigenvalue weighted by molar-refractivity contribution is -0.0431. The quantitative estimate of drug-likeness (QED) is 0.201. The average molecular weight is 506 g/mol. The fourth-order valence-electron chi connectivity index (χ4n) is 3.62. The highest BCUT2D eigenvalue weighted by Gasteiger charge is 2.32. The fourth-order valence-corrected chi connectivity index (χ4v) is 4.00. The van der Waals surface area contributed by atoms with Gasteiger partial charge in [-0.05, 0) is 53.2 Å². The standard InChI is InChI=1S/C25H20BrN3O4/c1-25(2)31-22-8-6-18(13-23(22)32-25)21(14-29-10-9-27-15-29)28-33-24(30)19-4-3-17-12-20(26)7-5-16(17)11-19/h3-13,15H,14H2,1-2H3/b28-21+. The summed E-state index contributed by atoms with van der Waals surface area (Å²) < 4.78 is 14.4. The number of benzene rings is 3. The van der Waals surface area contributed by atoms with Crippen LogP contribution in [0.5, 0.6) is 11.5 Å². The number of carbonyl (C=O) groups excluding carboxylic acids is 1. The second-order valence-corrected chi connectivity index (χ2v) is 9.04. The molecule has 0 saturated heterocycles. The van der Waals surface area contributed by atoms with Crippen LogP contribution in [-0.4, -0.2) is 27.0 Å². The lowest BCUT2D eigenvalue weighted by Crippen LogP contribution is -2.29. The van der Waals surface area contributed by atoms with Gasteiger partial charge >= 0.3 is 5.97 Å². The monoisotopic (exact) mass is 505 g/mol. The molecule has 0 saturated carbocycles. The number of ether oxygens (including phenoxy) is 2. The van der Waals surface area contributed by atoms with Crippen molar-refractivity contribution in [3.05, 3.63) is 88.9 Å². The van der Waals surface area contributed by atoms with Crippen molar-refractivity contribution in [2.45, 2.75) is 26.2 Å². The van der Waals surface area contributed by atoms with E-state index in [-0.39, 0.29) is 0 Å². The van der Waals surface area contributed by atoms with Crippen LogP contribution in [0.15, 0.2) is 82.9 Å². The van der Waals surface area contributed by atoms with Crippen molar-refractivity contribution in [2.24, 2.45) is 5.16 Å². The topological polar surface area (TPSA) is 74.9 Å². The summed E-state index contributed by atoms with van der Waals surface area (Å²) in [6, 6.07) is 16.8. The molecular weight excluding hydrogens is 486 g/mol. The SMILES string of the molecule is CC1(C)Oc2ccc(/C(Cn3ccnc3)=N/OC(=O)c3ccc4cc(Br)ccc4c3)cc2O1. The molecule has 0 atom stereocenters.